The average molecular weight is 242 g/mol. The smallest absolute Gasteiger partial charge is 0.0626 e. The zero-order chi connectivity index (χ0) is 9.26. The van der Waals surface area contributed by atoms with Crippen molar-refractivity contribution in [3.8, 4) is 0 Å². The molecule has 3 nitrogen and oxygen atoms in total. The van der Waals surface area contributed by atoms with Crippen LogP contribution in [0.4, 0.5) is 0 Å². The minimum atomic E-state index is 0.154. The van der Waals surface area contributed by atoms with Gasteiger partial charge in [-0.3, -0.25) is 5.43 Å². The van der Waals surface area contributed by atoms with Gasteiger partial charge in [0.15, 0.2) is 0 Å². The summed E-state index contributed by atoms with van der Waals surface area (Å²) >= 11 is 3.40. The Bertz CT molecular complexity index is 285. The van der Waals surface area contributed by atoms with Crippen LogP contribution in [0.15, 0.2) is 28.7 Å². The molecule has 4 heteroatoms. The minimum Gasteiger partial charge on any atom is -0.325 e. The summed E-state index contributed by atoms with van der Waals surface area (Å²) in [6.07, 6.45) is 0. The Morgan fingerprint density at radius 1 is 1.31 bits per heavy atom. The third kappa shape index (κ3) is 1.91. The van der Waals surface area contributed by atoms with Gasteiger partial charge in [-0.25, -0.2) is 5.43 Å². The molecule has 0 spiro atoms. The second-order valence-electron chi connectivity index (χ2n) is 3.22. The van der Waals surface area contributed by atoms with Crippen molar-refractivity contribution in [3.05, 3.63) is 34.3 Å². The molecular weight excluding hydrogens is 230 g/mol. The SMILES string of the molecule is NC1CNNC1c1ccc(Br)cc1. The zero-order valence-electron chi connectivity index (χ0n) is 7.13. The fourth-order valence-electron chi connectivity index (χ4n) is 1.51. The van der Waals surface area contributed by atoms with Gasteiger partial charge in [0.1, 0.15) is 0 Å². The molecule has 1 aromatic carbocycles. The lowest BCUT2D eigenvalue weighted by molar-refractivity contribution is 0.551. The number of hydrogen-bond donors (Lipinski definition) is 3. The first kappa shape index (κ1) is 9.15. The number of halogens is 1. The van der Waals surface area contributed by atoms with E-state index in [1.807, 2.05) is 12.1 Å². The summed E-state index contributed by atoms with van der Waals surface area (Å²) in [6.45, 7) is 0.820. The molecule has 0 saturated carbocycles. The number of hydrogen-bond acceptors (Lipinski definition) is 3. The maximum atomic E-state index is 5.91. The van der Waals surface area contributed by atoms with Crippen LogP contribution in [0.5, 0.6) is 0 Å². The summed E-state index contributed by atoms with van der Waals surface area (Å²) in [5.74, 6) is 0. The van der Waals surface area contributed by atoms with E-state index in [-0.39, 0.29) is 12.1 Å². The van der Waals surface area contributed by atoms with Gasteiger partial charge in [0, 0.05) is 17.1 Å². The van der Waals surface area contributed by atoms with Crippen molar-refractivity contribution >= 4 is 15.9 Å². The van der Waals surface area contributed by atoms with E-state index in [4.69, 9.17) is 5.73 Å². The highest BCUT2D eigenvalue weighted by atomic mass is 79.9. The van der Waals surface area contributed by atoms with E-state index in [0.717, 1.165) is 11.0 Å². The maximum Gasteiger partial charge on any atom is 0.0626 e. The highest BCUT2D eigenvalue weighted by Gasteiger charge is 2.24. The molecule has 1 fully saturated rings. The molecule has 13 heavy (non-hydrogen) atoms. The number of benzene rings is 1. The molecule has 70 valence electrons. The Kier molecular flexibility index (Phi) is 2.64. The van der Waals surface area contributed by atoms with Crippen LogP contribution in [0, 0.1) is 0 Å². The average Bonchev–Trinajstić information content (AvgIpc) is 2.53. The molecule has 4 N–H and O–H groups in total. The molecule has 1 heterocycles. The van der Waals surface area contributed by atoms with Crippen LogP contribution in [0.1, 0.15) is 11.6 Å². The lowest BCUT2D eigenvalue weighted by Gasteiger charge is -2.14. The van der Waals surface area contributed by atoms with Gasteiger partial charge in [0.25, 0.3) is 0 Å². The molecule has 2 unspecified atom stereocenters. The Morgan fingerprint density at radius 2 is 2.00 bits per heavy atom. The van der Waals surface area contributed by atoms with Crippen LogP contribution in [0.25, 0.3) is 0 Å². The number of nitrogens with one attached hydrogen (secondary N) is 2. The molecule has 1 aliphatic rings. The standard InChI is InChI=1S/C9H12BrN3/c10-7-3-1-6(2-4-7)9-8(11)5-12-13-9/h1-4,8-9,12-13H,5,11H2. The summed E-state index contributed by atoms with van der Waals surface area (Å²) in [4.78, 5) is 0. The number of hydrazine groups is 1. The van der Waals surface area contributed by atoms with Gasteiger partial charge >= 0.3 is 0 Å². The van der Waals surface area contributed by atoms with E-state index >= 15 is 0 Å². The van der Waals surface area contributed by atoms with Gasteiger partial charge in [-0.05, 0) is 17.7 Å². The van der Waals surface area contributed by atoms with E-state index in [1.165, 1.54) is 5.56 Å². The third-order valence-corrected chi connectivity index (χ3v) is 2.78. The van der Waals surface area contributed by atoms with Crippen molar-refractivity contribution in [2.45, 2.75) is 12.1 Å². The van der Waals surface area contributed by atoms with Crippen molar-refractivity contribution < 1.29 is 0 Å². The Hall–Kier alpha value is -0.420. The third-order valence-electron chi connectivity index (χ3n) is 2.25. The van der Waals surface area contributed by atoms with Crippen LogP contribution < -0.4 is 16.6 Å². The summed E-state index contributed by atoms with van der Waals surface area (Å²) in [5, 5.41) is 0. The van der Waals surface area contributed by atoms with Crippen molar-refractivity contribution in [2.75, 3.05) is 6.54 Å². The molecule has 2 rings (SSSR count). The topological polar surface area (TPSA) is 50.1 Å². The first-order valence-corrected chi connectivity index (χ1v) is 5.06. The second kappa shape index (κ2) is 3.75. The van der Waals surface area contributed by atoms with Gasteiger partial charge in [-0.1, -0.05) is 28.1 Å². The molecule has 1 saturated heterocycles. The summed E-state index contributed by atoms with van der Waals surface area (Å²) in [7, 11) is 0. The summed E-state index contributed by atoms with van der Waals surface area (Å²) in [5.41, 5.74) is 13.3. The Balaban J connectivity index is 2.20. The first-order valence-electron chi connectivity index (χ1n) is 4.27. The van der Waals surface area contributed by atoms with Crippen molar-refractivity contribution in [1.82, 2.24) is 10.9 Å². The molecule has 0 bridgehead atoms. The Labute approximate surface area is 85.8 Å². The van der Waals surface area contributed by atoms with Crippen LogP contribution in [-0.2, 0) is 0 Å². The highest BCUT2D eigenvalue weighted by molar-refractivity contribution is 9.10. The van der Waals surface area contributed by atoms with Crippen LogP contribution >= 0.6 is 15.9 Å². The monoisotopic (exact) mass is 241 g/mol. The van der Waals surface area contributed by atoms with E-state index in [0.29, 0.717) is 0 Å². The second-order valence-corrected chi connectivity index (χ2v) is 4.13. The van der Waals surface area contributed by atoms with Crippen LogP contribution in [-0.4, -0.2) is 12.6 Å². The number of nitrogens with two attached hydrogens (primary N) is 1. The van der Waals surface area contributed by atoms with Crippen LogP contribution in [0.3, 0.4) is 0 Å². The lowest BCUT2D eigenvalue weighted by atomic mass is 10.0. The minimum absolute atomic E-state index is 0.154. The van der Waals surface area contributed by atoms with Crippen molar-refractivity contribution in [1.29, 1.82) is 0 Å². The predicted molar refractivity (Wildman–Crippen MR) is 56.0 cm³/mol. The van der Waals surface area contributed by atoms with Gasteiger partial charge in [0.2, 0.25) is 0 Å². The highest BCUT2D eigenvalue weighted by Crippen LogP contribution is 2.20. The molecule has 0 aliphatic carbocycles. The molecule has 0 aromatic heterocycles. The lowest BCUT2D eigenvalue weighted by Crippen LogP contribution is -2.29. The van der Waals surface area contributed by atoms with Crippen molar-refractivity contribution in [2.24, 2.45) is 5.73 Å². The van der Waals surface area contributed by atoms with E-state index in [2.05, 4.69) is 38.9 Å². The zero-order valence-corrected chi connectivity index (χ0v) is 8.71. The normalized spacial score (nSPS) is 27.8. The van der Waals surface area contributed by atoms with Gasteiger partial charge in [0.05, 0.1) is 6.04 Å². The number of rotatable bonds is 1. The molecule has 1 aromatic rings. The fourth-order valence-corrected chi connectivity index (χ4v) is 1.78. The molecular formula is C9H12BrN3. The van der Waals surface area contributed by atoms with E-state index < -0.39 is 0 Å². The van der Waals surface area contributed by atoms with E-state index in [9.17, 15) is 0 Å². The van der Waals surface area contributed by atoms with Crippen LogP contribution in [0.2, 0.25) is 0 Å². The van der Waals surface area contributed by atoms with Gasteiger partial charge in [-0.2, -0.15) is 0 Å². The molecule has 2 atom stereocenters. The maximum absolute atomic E-state index is 5.91. The molecule has 0 amide bonds. The molecule has 1 aliphatic heterocycles. The molecule has 0 radical (unpaired) electrons. The van der Waals surface area contributed by atoms with Gasteiger partial charge in [-0.15, -0.1) is 0 Å². The fraction of sp³-hybridized carbons (Fsp3) is 0.333. The predicted octanol–water partition coefficient (Wildman–Crippen LogP) is 0.925. The van der Waals surface area contributed by atoms with Gasteiger partial charge < -0.3 is 5.73 Å². The first-order chi connectivity index (χ1) is 6.27. The van der Waals surface area contributed by atoms with Crippen molar-refractivity contribution in [3.63, 3.8) is 0 Å². The quantitative estimate of drug-likeness (QED) is 0.686. The Morgan fingerprint density at radius 3 is 2.54 bits per heavy atom. The van der Waals surface area contributed by atoms with E-state index in [1.54, 1.807) is 0 Å². The summed E-state index contributed by atoms with van der Waals surface area (Å²) < 4.78 is 1.09. The summed E-state index contributed by atoms with van der Waals surface area (Å²) in [6, 6.07) is 8.60. The largest absolute Gasteiger partial charge is 0.325 e.